The maximum Gasteiger partial charge on any atom is 0.261 e. The van der Waals surface area contributed by atoms with Crippen LogP contribution in [-0.2, 0) is 12.8 Å². The minimum Gasteiger partial charge on any atom is -0.469 e. The van der Waals surface area contributed by atoms with Gasteiger partial charge >= 0.3 is 0 Å². The first kappa shape index (κ1) is 15.3. The number of aromatic amines is 1. The molecule has 1 unspecified atom stereocenters. The van der Waals surface area contributed by atoms with E-state index < -0.39 is 11.5 Å². The Balaban J connectivity index is 1.78. The van der Waals surface area contributed by atoms with Crippen molar-refractivity contribution in [3.63, 3.8) is 0 Å². The predicted octanol–water partition coefficient (Wildman–Crippen LogP) is 1.85. The third-order valence-corrected chi connectivity index (χ3v) is 3.96. The molecule has 6 nitrogen and oxygen atoms in total. The Morgan fingerprint density at radius 1 is 1.39 bits per heavy atom. The number of furan rings is 1. The number of aryl methyl sites for hydroxylation is 1. The van der Waals surface area contributed by atoms with Crippen LogP contribution in [0.25, 0.3) is 0 Å². The van der Waals surface area contributed by atoms with Gasteiger partial charge in [0.1, 0.15) is 11.3 Å². The SMILES string of the molecule is CC(Cc1ccco1)NC(=O)c1cc2c([nH]c1=O)CCCC2=O. The van der Waals surface area contributed by atoms with Crippen molar-refractivity contribution in [2.75, 3.05) is 0 Å². The summed E-state index contributed by atoms with van der Waals surface area (Å²) in [5, 5.41) is 2.77. The summed E-state index contributed by atoms with van der Waals surface area (Å²) >= 11 is 0. The molecule has 2 aromatic heterocycles. The topological polar surface area (TPSA) is 92.2 Å². The molecule has 0 aromatic carbocycles. The van der Waals surface area contributed by atoms with Crippen LogP contribution < -0.4 is 10.9 Å². The van der Waals surface area contributed by atoms with E-state index in [9.17, 15) is 14.4 Å². The number of amides is 1. The van der Waals surface area contributed by atoms with Crippen molar-refractivity contribution in [1.29, 1.82) is 0 Å². The maximum atomic E-state index is 12.3. The molecule has 120 valence electrons. The number of H-pyrrole nitrogens is 1. The van der Waals surface area contributed by atoms with Crippen molar-refractivity contribution in [3.05, 3.63) is 57.4 Å². The van der Waals surface area contributed by atoms with Gasteiger partial charge in [-0.2, -0.15) is 0 Å². The fraction of sp³-hybridized carbons (Fsp3) is 0.353. The molecule has 23 heavy (non-hydrogen) atoms. The van der Waals surface area contributed by atoms with Crippen molar-refractivity contribution >= 4 is 11.7 Å². The summed E-state index contributed by atoms with van der Waals surface area (Å²) in [5.41, 5.74) is 0.609. The van der Waals surface area contributed by atoms with Gasteiger partial charge < -0.3 is 14.7 Å². The van der Waals surface area contributed by atoms with Crippen LogP contribution in [0.2, 0.25) is 0 Å². The normalized spacial score (nSPS) is 15.1. The zero-order valence-corrected chi connectivity index (χ0v) is 12.8. The molecule has 1 amide bonds. The minimum absolute atomic E-state index is 0.0229. The molecule has 0 saturated heterocycles. The first-order valence-corrected chi connectivity index (χ1v) is 7.67. The van der Waals surface area contributed by atoms with Gasteiger partial charge in [-0.1, -0.05) is 0 Å². The van der Waals surface area contributed by atoms with Gasteiger partial charge in [-0.3, -0.25) is 14.4 Å². The van der Waals surface area contributed by atoms with E-state index in [-0.39, 0.29) is 17.4 Å². The van der Waals surface area contributed by atoms with Crippen molar-refractivity contribution < 1.29 is 14.0 Å². The van der Waals surface area contributed by atoms with E-state index in [2.05, 4.69) is 10.3 Å². The highest BCUT2D eigenvalue weighted by Gasteiger charge is 2.22. The third kappa shape index (κ3) is 3.26. The number of hydrogen-bond acceptors (Lipinski definition) is 4. The van der Waals surface area contributed by atoms with E-state index in [4.69, 9.17) is 4.42 Å². The smallest absolute Gasteiger partial charge is 0.261 e. The van der Waals surface area contributed by atoms with Crippen LogP contribution in [0.3, 0.4) is 0 Å². The lowest BCUT2D eigenvalue weighted by Crippen LogP contribution is -2.37. The first-order chi connectivity index (χ1) is 11.0. The lowest BCUT2D eigenvalue weighted by atomic mass is 9.93. The van der Waals surface area contributed by atoms with E-state index in [0.29, 0.717) is 30.5 Å². The Hall–Kier alpha value is -2.63. The lowest BCUT2D eigenvalue weighted by Gasteiger charge is -2.16. The molecule has 6 heteroatoms. The highest BCUT2D eigenvalue weighted by atomic mass is 16.3. The van der Waals surface area contributed by atoms with Gasteiger partial charge in [0.2, 0.25) is 0 Å². The molecule has 2 N–H and O–H groups in total. The van der Waals surface area contributed by atoms with Crippen LogP contribution in [0.4, 0.5) is 0 Å². The highest BCUT2D eigenvalue weighted by Crippen LogP contribution is 2.18. The summed E-state index contributed by atoms with van der Waals surface area (Å²) < 4.78 is 5.24. The van der Waals surface area contributed by atoms with Gasteiger partial charge in [-0.15, -0.1) is 0 Å². The Bertz CT molecular complexity index is 789. The van der Waals surface area contributed by atoms with Gasteiger partial charge in [-0.25, -0.2) is 0 Å². The zero-order chi connectivity index (χ0) is 16.4. The molecule has 0 spiro atoms. The number of aromatic nitrogens is 1. The number of hydrogen-bond donors (Lipinski definition) is 2. The Morgan fingerprint density at radius 2 is 2.22 bits per heavy atom. The standard InChI is InChI=1S/C17H18N2O4/c1-10(8-11-4-3-7-23-11)18-16(21)13-9-12-14(19-17(13)22)5-2-6-15(12)20/h3-4,7,9-10H,2,5-6,8H2,1H3,(H,18,21)(H,19,22). The number of nitrogens with one attached hydrogen (secondary N) is 2. The van der Waals surface area contributed by atoms with E-state index in [0.717, 1.165) is 12.2 Å². The maximum absolute atomic E-state index is 12.3. The largest absolute Gasteiger partial charge is 0.469 e. The molecule has 0 fully saturated rings. The number of carbonyl (C=O) groups is 2. The third-order valence-electron chi connectivity index (χ3n) is 3.96. The Morgan fingerprint density at radius 3 is 2.96 bits per heavy atom. The summed E-state index contributed by atoms with van der Waals surface area (Å²) in [6.45, 7) is 1.83. The number of pyridine rings is 1. The van der Waals surface area contributed by atoms with Gasteiger partial charge in [0.15, 0.2) is 5.78 Å². The molecule has 0 bridgehead atoms. The molecule has 1 aliphatic carbocycles. The van der Waals surface area contributed by atoms with Gasteiger partial charge in [0, 0.05) is 30.1 Å². The first-order valence-electron chi connectivity index (χ1n) is 7.67. The van der Waals surface area contributed by atoms with Gasteiger partial charge in [0.05, 0.1) is 6.26 Å². The Labute approximate surface area is 132 Å². The number of rotatable bonds is 4. The van der Waals surface area contributed by atoms with Crippen molar-refractivity contribution in [1.82, 2.24) is 10.3 Å². The summed E-state index contributed by atoms with van der Waals surface area (Å²) in [4.78, 5) is 39.0. The molecule has 0 radical (unpaired) electrons. The van der Waals surface area contributed by atoms with E-state index in [1.807, 2.05) is 13.0 Å². The number of ketones is 1. The summed E-state index contributed by atoms with van der Waals surface area (Å²) in [7, 11) is 0. The summed E-state index contributed by atoms with van der Waals surface area (Å²) in [5.74, 6) is 0.249. The summed E-state index contributed by atoms with van der Waals surface area (Å²) in [6, 6.07) is 4.83. The quantitative estimate of drug-likeness (QED) is 0.901. The zero-order valence-electron chi connectivity index (χ0n) is 12.8. The lowest BCUT2D eigenvalue weighted by molar-refractivity contribution is 0.0937. The molecule has 0 saturated carbocycles. The minimum atomic E-state index is -0.480. The van der Waals surface area contributed by atoms with Crippen LogP contribution >= 0.6 is 0 Å². The average Bonchev–Trinajstić information content (AvgIpc) is 2.99. The van der Waals surface area contributed by atoms with Crippen molar-refractivity contribution in [2.45, 2.75) is 38.6 Å². The van der Waals surface area contributed by atoms with Crippen molar-refractivity contribution in [3.8, 4) is 0 Å². The molecule has 0 aliphatic heterocycles. The van der Waals surface area contributed by atoms with Crippen LogP contribution in [-0.4, -0.2) is 22.7 Å². The predicted molar refractivity (Wildman–Crippen MR) is 83.7 cm³/mol. The van der Waals surface area contributed by atoms with Gasteiger partial charge in [0.25, 0.3) is 11.5 Å². The molecule has 3 rings (SSSR count). The van der Waals surface area contributed by atoms with Gasteiger partial charge in [-0.05, 0) is 38.0 Å². The monoisotopic (exact) mass is 314 g/mol. The van der Waals surface area contributed by atoms with Crippen LogP contribution in [0.15, 0.2) is 33.7 Å². The Kier molecular flexibility index (Phi) is 4.14. The van der Waals surface area contributed by atoms with E-state index >= 15 is 0 Å². The van der Waals surface area contributed by atoms with Crippen LogP contribution in [0.5, 0.6) is 0 Å². The molecule has 2 heterocycles. The van der Waals surface area contributed by atoms with Crippen LogP contribution in [0, 0.1) is 0 Å². The fourth-order valence-electron chi connectivity index (χ4n) is 2.83. The second-order valence-electron chi connectivity index (χ2n) is 5.84. The fourth-order valence-corrected chi connectivity index (χ4v) is 2.83. The average molecular weight is 314 g/mol. The number of carbonyl (C=O) groups excluding carboxylic acids is 2. The van der Waals surface area contributed by atoms with Crippen molar-refractivity contribution in [2.24, 2.45) is 0 Å². The second kappa shape index (κ2) is 6.24. The number of fused-ring (bicyclic) bond motifs is 1. The second-order valence-corrected chi connectivity index (χ2v) is 5.84. The van der Waals surface area contributed by atoms with Crippen LogP contribution in [0.1, 0.15) is 51.9 Å². The van der Waals surface area contributed by atoms with E-state index in [1.54, 1.807) is 12.3 Å². The highest BCUT2D eigenvalue weighted by molar-refractivity contribution is 6.01. The molecule has 2 aromatic rings. The molecule has 1 atom stereocenters. The molecular weight excluding hydrogens is 296 g/mol. The van der Waals surface area contributed by atoms with E-state index in [1.165, 1.54) is 6.07 Å². The number of Topliss-reactive ketones (excluding diaryl/α,β-unsaturated/α-hetero) is 1. The summed E-state index contributed by atoms with van der Waals surface area (Å²) in [6.07, 6.45) is 3.94. The molecular formula is C17H18N2O4. The molecule has 1 aliphatic rings.